The zero-order valence-electron chi connectivity index (χ0n) is 20.2. The summed E-state index contributed by atoms with van der Waals surface area (Å²) in [6.07, 6.45) is 0.245. The summed E-state index contributed by atoms with van der Waals surface area (Å²) >= 11 is 12.8. The highest BCUT2D eigenvalue weighted by Gasteiger charge is 2.25. The van der Waals surface area contributed by atoms with E-state index in [0.717, 1.165) is 35.5 Å². The Morgan fingerprint density at radius 2 is 1.91 bits per heavy atom. The highest BCUT2D eigenvalue weighted by atomic mass is 35.5. The number of aromatic nitrogens is 2. The molecule has 2 aromatic carbocycles. The molecule has 0 atom stereocenters. The van der Waals surface area contributed by atoms with Gasteiger partial charge in [-0.25, -0.2) is 4.68 Å². The molecule has 0 saturated carbocycles. The SMILES string of the molecule is Cc1c(C(=O)NC(C)(C)C)nn(-c2ccc(C#CCOC3CNC3)cc2Cl)c1-c1ccc(Cl)cc1. The second kappa shape index (κ2) is 10.4. The molecule has 1 aliphatic heterocycles. The van der Waals surface area contributed by atoms with Crippen molar-refractivity contribution in [1.82, 2.24) is 20.4 Å². The van der Waals surface area contributed by atoms with E-state index >= 15 is 0 Å². The van der Waals surface area contributed by atoms with Gasteiger partial charge in [-0.2, -0.15) is 5.10 Å². The molecule has 3 aromatic rings. The molecule has 8 heteroatoms. The monoisotopic (exact) mass is 510 g/mol. The van der Waals surface area contributed by atoms with Crippen LogP contribution in [0.1, 0.15) is 42.4 Å². The first-order valence-corrected chi connectivity index (χ1v) is 12.2. The van der Waals surface area contributed by atoms with Crippen LogP contribution in [-0.4, -0.2) is 47.0 Å². The predicted molar refractivity (Wildman–Crippen MR) is 140 cm³/mol. The van der Waals surface area contributed by atoms with Crippen molar-refractivity contribution in [3.05, 3.63) is 69.3 Å². The lowest BCUT2D eigenvalue weighted by molar-refractivity contribution is 0.0394. The molecule has 0 aliphatic carbocycles. The number of benzene rings is 2. The van der Waals surface area contributed by atoms with Gasteiger partial charge in [-0.1, -0.05) is 47.2 Å². The molecule has 1 fully saturated rings. The topological polar surface area (TPSA) is 68.2 Å². The molecule has 0 bridgehead atoms. The Hall–Kier alpha value is -2.82. The van der Waals surface area contributed by atoms with E-state index in [-0.39, 0.29) is 12.0 Å². The Balaban J connectivity index is 1.70. The Labute approximate surface area is 216 Å². The Bertz CT molecular complexity index is 1290. The number of nitrogens with zero attached hydrogens (tertiary/aromatic N) is 2. The summed E-state index contributed by atoms with van der Waals surface area (Å²) in [5.74, 6) is 5.88. The fourth-order valence-corrected chi connectivity index (χ4v) is 4.05. The molecular weight excluding hydrogens is 483 g/mol. The average molecular weight is 511 g/mol. The van der Waals surface area contributed by atoms with Crippen molar-refractivity contribution >= 4 is 29.1 Å². The van der Waals surface area contributed by atoms with Gasteiger partial charge in [0, 0.05) is 40.3 Å². The van der Waals surface area contributed by atoms with E-state index in [0.29, 0.717) is 28.0 Å². The van der Waals surface area contributed by atoms with Gasteiger partial charge in [-0.05, 0) is 58.0 Å². The molecule has 1 aromatic heterocycles. The molecule has 1 amide bonds. The van der Waals surface area contributed by atoms with Crippen molar-refractivity contribution in [3.63, 3.8) is 0 Å². The third-order valence-corrected chi connectivity index (χ3v) is 6.04. The zero-order chi connectivity index (χ0) is 25.2. The molecule has 4 rings (SSSR count). The number of halogens is 2. The minimum atomic E-state index is -0.398. The van der Waals surface area contributed by atoms with Crippen LogP contribution in [-0.2, 0) is 4.74 Å². The first-order chi connectivity index (χ1) is 16.6. The lowest BCUT2D eigenvalue weighted by Crippen LogP contribution is -2.48. The number of carbonyl (C=O) groups is 1. The third kappa shape index (κ3) is 6.06. The van der Waals surface area contributed by atoms with Crippen LogP contribution in [0.25, 0.3) is 16.9 Å². The highest BCUT2D eigenvalue weighted by Crippen LogP contribution is 2.32. The standard InChI is InChI=1S/C27H28Cl2N4O2/c1-17-24(26(34)31-27(2,3)4)32-33(25(17)19-8-10-20(28)11-9-19)23-12-7-18(14-22(23)29)6-5-13-35-21-15-30-16-21/h7-12,14,21,30H,13,15-16H2,1-4H3,(H,31,34). The predicted octanol–water partition coefficient (Wildman–Crippen LogP) is 5.02. The fraction of sp³-hybridized carbons (Fsp3) is 0.333. The van der Waals surface area contributed by atoms with Crippen LogP contribution in [0.5, 0.6) is 0 Å². The van der Waals surface area contributed by atoms with Crippen molar-refractivity contribution < 1.29 is 9.53 Å². The molecule has 0 unspecified atom stereocenters. The number of nitrogens with one attached hydrogen (secondary N) is 2. The molecular formula is C27H28Cl2N4O2. The number of rotatable bonds is 5. The summed E-state index contributed by atoms with van der Waals surface area (Å²) in [6.45, 7) is 9.80. The van der Waals surface area contributed by atoms with Crippen LogP contribution in [0, 0.1) is 18.8 Å². The van der Waals surface area contributed by atoms with Crippen molar-refractivity contribution in [2.75, 3.05) is 19.7 Å². The van der Waals surface area contributed by atoms with E-state index in [4.69, 9.17) is 27.9 Å². The van der Waals surface area contributed by atoms with Crippen LogP contribution in [0.15, 0.2) is 42.5 Å². The zero-order valence-corrected chi connectivity index (χ0v) is 21.7. The van der Waals surface area contributed by atoms with Gasteiger partial charge < -0.3 is 15.4 Å². The molecule has 1 aliphatic rings. The molecule has 35 heavy (non-hydrogen) atoms. The van der Waals surface area contributed by atoms with Crippen molar-refractivity contribution in [1.29, 1.82) is 0 Å². The number of hydrogen-bond acceptors (Lipinski definition) is 4. The van der Waals surface area contributed by atoms with Gasteiger partial charge in [0.15, 0.2) is 5.69 Å². The minimum absolute atomic E-state index is 0.245. The molecule has 1 saturated heterocycles. The summed E-state index contributed by atoms with van der Waals surface area (Å²) in [7, 11) is 0. The molecule has 2 heterocycles. The van der Waals surface area contributed by atoms with Crippen molar-refractivity contribution in [2.24, 2.45) is 0 Å². The van der Waals surface area contributed by atoms with Gasteiger partial charge >= 0.3 is 0 Å². The van der Waals surface area contributed by atoms with Gasteiger partial charge in [0.05, 0.1) is 22.5 Å². The maximum absolute atomic E-state index is 13.0. The van der Waals surface area contributed by atoms with Crippen LogP contribution < -0.4 is 10.6 Å². The van der Waals surface area contributed by atoms with Gasteiger partial charge in [0.1, 0.15) is 6.61 Å². The second-order valence-corrected chi connectivity index (χ2v) is 10.3. The molecule has 182 valence electrons. The summed E-state index contributed by atoms with van der Waals surface area (Å²) in [6, 6.07) is 13.0. The van der Waals surface area contributed by atoms with E-state index in [2.05, 4.69) is 27.6 Å². The normalized spacial score (nSPS) is 13.7. The molecule has 2 N–H and O–H groups in total. The average Bonchev–Trinajstić information content (AvgIpc) is 3.09. The van der Waals surface area contributed by atoms with Crippen molar-refractivity contribution in [3.8, 4) is 28.8 Å². The Kier molecular flexibility index (Phi) is 7.53. The summed E-state index contributed by atoms with van der Waals surface area (Å²) < 4.78 is 7.35. The lowest BCUT2D eigenvalue weighted by Gasteiger charge is -2.25. The van der Waals surface area contributed by atoms with E-state index in [9.17, 15) is 4.79 Å². The summed E-state index contributed by atoms with van der Waals surface area (Å²) in [5.41, 5.74) is 3.75. The van der Waals surface area contributed by atoms with E-state index in [1.165, 1.54) is 0 Å². The molecule has 6 nitrogen and oxygen atoms in total. The number of carbonyl (C=O) groups excluding carboxylic acids is 1. The third-order valence-electron chi connectivity index (χ3n) is 5.49. The summed E-state index contributed by atoms with van der Waals surface area (Å²) in [4.78, 5) is 13.0. The molecule has 0 radical (unpaired) electrons. The maximum atomic E-state index is 13.0. The Morgan fingerprint density at radius 1 is 1.20 bits per heavy atom. The smallest absolute Gasteiger partial charge is 0.272 e. The summed E-state index contributed by atoms with van der Waals surface area (Å²) in [5, 5.41) is 11.9. The van der Waals surface area contributed by atoms with Crippen LogP contribution in [0.3, 0.4) is 0 Å². The first kappa shape index (κ1) is 25.3. The quantitative estimate of drug-likeness (QED) is 0.472. The van der Waals surface area contributed by atoms with Crippen LogP contribution >= 0.6 is 23.2 Å². The van der Waals surface area contributed by atoms with Crippen LogP contribution in [0.4, 0.5) is 0 Å². The Morgan fingerprint density at radius 3 is 2.51 bits per heavy atom. The van der Waals surface area contributed by atoms with Gasteiger partial charge in [-0.15, -0.1) is 0 Å². The second-order valence-electron chi connectivity index (χ2n) is 9.50. The van der Waals surface area contributed by atoms with Gasteiger partial charge in [0.2, 0.25) is 0 Å². The van der Waals surface area contributed by atoms with E-state index < -0.39 is 5.54 Å². The van der Waals surface area contributed by atoms with Gasteiger partial charge in [0.25, 0.3) is 5.91 Å². The molecule has 0 spiro atoms. The minimum Gasteiger partial charge on any atom is -0.363 e. The van der Waals surface area contributed by atoms with E-state index in [1.54, 1.807) is 10.7 Å². The fourth-order valence-electron chi connectivity index (χ4n) is 3.67. The van der Waals surface area contributed by atoms with Crippen molar-refractivity contribution in [2.45, 2.75) is 39.3 Å². The highest BCUT2D eigenvalue weighted by molar-refractivity contribution is 6.32. The number of hydrogen-bond donors (Lipinski definition) is 2. The maximum Gasteiger partial charge on any atom is 0.272 e. The number of amides is 1. The lowest BCUT2D eigenvalue weighted by atomic mass is 10.0. The first-order valence-electron chi connectivity index (χ1n) is 11.4. The van der Waals surface area contributed by atoms with Crippen LogP contribution in [0.2, 0.25) is 10.0 Å². The largest absolute Gasteiger partial charge is 0.363 e. The number of ether oxygens (including phenoxy) is 1. The van der Waals surface area contributed by atoms with Gasteiger partial charge in [-0.3, -0.25) is 4.79 Å². The van der Waals surface area contributed by atoms with E-state index in [1.807, 2.05) is 64.1 Å².